The van der Waals surface area contributed by atoms with Crippen LogP contribution in [0.25, 0.3) is 0 Å². The number of carbonyl (C=O) groups excluding carboxylic acids is 1. The van der Waals surface area contributed by atoms with E-state index >= 15 is 0 Å². The van der Waals surface area contributed by atoms with Crippen molar-refractivity contribution in [1.29, 1.82) is 0 Å². The molecular formula is C13H20N4O. The average Bonchev–Trinajstić information content (AvgIpc) is 2.90. The third-order valence-corrected chi connectivity index (χ3v) is 2.99. The van der Waals surface area contributed by atoms with E-state index in [2.05, 4.69) is 34.0 Å². The summed E-state index contributed by atoms with van der Waals surface area (Å²) < 4.78 is 0. The Morgan fingerprint density at radius 1 is 1.39 bits per heavy atom. The molecule has 1 fully saturated rings. The fraction of sp³-hybridized carbons (Fsp3) is 0.615. The molecule has 0 bridgehead atoms. The monoisotopic (exact) mass is 248 g/mol. The van der Waals surface area contributed by atoms with E-state index in [1.165, 1.54) is 19.2 Å². The number of aromatic nitrogens is 2. The van der Waals surface area contributed by atoms with Gasteiger partial charge in [-0.05, 0) is 18.8 Å². The zero-order valence-electron chi connectivity index (χ0n) is 11.0. The molecule has 1 amide bonds. The molecule has 98 valence electrons. The lowest BCUT2D eigenvalue weighted by Crippen LogP contribution is -2.28. The van der Waals surface area contributed by atoms with Gasteiger partial charge in [0.25, 0.3) is 5.91 Å². The lowest BCUT2D eigenvalue weighted by molar-refractivity contribution is 0.0944. The van der Waals surface area contributed by atoms with Crippen molar-refractivity contribution in [3.8, 4) is 0 Å². The quantitative estimate of drug-likeness (QED) is 0.876. The predicted octanol–water partition coefficient (Wildman–Crippen LogP) is 1.46. The van der Waals surface area contributed by atoms with Crippen LogP contribution in [0, 0.1) is 5.92 Å². The summed E-state index contributed by atoms with van der Waals surface area (Å²) >= 11 is 0. The van der Waals surface area contributed by atoms with Crippen molar-refractivity contribution < 1.29 is 4.79 Å². The van der Waals surface area contributed by atoms with Gasteiger partial charge in [-0.1, -0.05) is 13.8 Å². The van der Waals surface area contributed by atoms with E-state index in [0.717, 1.165) is 18.9 Å². The van der Waals surface area contributed by atoms with Crippen LogP contribution in [0.3, 0.4) is 0 Å². The zero-order valence-corrected chi connectivity index (χ0v) is 11.0. The van der Waals surface area contributed by atoms with Gasteiger partial charge in [0.2, 0.25) is 0 Å². The molecule has 0 spiro atoms. The maximum absolute atomic E-state index is 11.9. The van der Waals surface area contributed by atoms with Crippen LogP contribution in [0.15, 0.2) is 12.4 Å². The number of nitrogens with zero attached hydrogens (tertiary/aromatic N) is 3. The summed E-state index contributed by atoms with van der Waals surface area (Å²) in [6.07, 6.45) is 3.86. The van der Waals surface area contributed by atoms with E-state index in [4.69, 9.17) is 0 Å². The third-order valence-electron chi connectivity index (χ3n) is 2.99. The Balaban J connectivity index is 2.04. The number of carbonyl (C=O) groups is 1. The summed E-state index contributed by atoms with van der Waals surface area (Å²) in [7, 11) is 0. The first-order chi connectivity index (χ1) is 8.66. The minimum absolute atomic E-state index is 0.119. The van der Waals surface area contributed by atoms with Gasteiger partial charge in [-0.15, -0.1) is 0 Å². The van der Waals surface area contributed by atoms with Crippen LogP contribution in [0.5, 0.6) is 0 Å². The highest BCUT2D eigenvalue weighted by Gasteiger charge is 2.16. The molecule has 1 N–H and O–H groups in total. The normalized spacial score (nSPS) is 15.2. The molecule has 1 saturated heterocycles. The Hall–Kier alpha value is -1.65. The Morgan fingerprint density at radius 2 is 2.11 bits per heavy atom. The zero-order chi connectivity index (χ0) is 13.0. The van der Waals surface area contributed by atoms with E-state index < -0.39 is 0 Å². The molecule has 0 aliphatic carbocycles. The Labute approximate surface area is 108 Å². The molecule has 0 radical (unpaired) electrons. The topological polar surface area (TPSA) is 58.1 Å². The van der Waals surface area contributed by atoms with E-state index in [1.807, 2.05) is 0 Å². The van der Waals surface area contributed by atoms with Crippen molar-refractivity contribution >= 4 is 11.7 Å². The molecule has 2 heterocycles. The summed E-state index contributed by atoms with van der Waals surface area (Å²) in [6, 6.07) is 1.78. The number of rotatable bonds is 4. The van der Waals surface area contributed by atoms with Gasteiger partial charge in [-0.2, -0.15) is 0 Å². The second kappa shape index (κ2) is 5.80. The number of anilines is 1. The lowest BCUT2D eigenvalue weighted by Gasteiger charge is -2.16. The van der Waals surface area contributed by atoms with Gasteiger partial charge in [0.15, 0.2) is 0 Å². The number of nitrogens with one attached hydrogen (secondary N) is 1. The summed E-state index contributed by atoms with van der Waals surface area (Å²) in [5, 5.41) is 2.87. The van der Waals surface area contributed by atoms with Crippen LogP contribution < -0.4 is 10.2 Å². The maximum atomic E-state index is 11.9. The van der Waals surface area contributed by atoms with Crippen LogP contribution in [0.1, 0.15) is 37.2 Å². The minimum atomic E-state index is -0.119. The van der Waals surface area contributed by atoms with Crippen molar-refractivity contribution in [3.05, 3.63) is 18.1 Å². The first kappa shape index (κ1) is 12.8. The molecule has 5 nitrogen and oxygen atoms in total. The number of hydrogen-bond donors (Lipinski definition) is 1. The summed E-state index contributed by atoms with van der Waals surface area (Å²) in [5.74, 6) is 1.18. The Kier molecular flexibility index (Phi) is 4.12. The fourth-order valence-corrected chi connectivity index (χ4v) is 1.98. The van der Waals surface area contributed by atoms with Gasteiger partial charge < -0.3 is 10.2 Å². The molecule has 0 aromatic carbocycles. The SMILES string of the molecule is CC(C)CNC(=O)c1cc(N2CCCC2)ncn1. The predicted molar refractivity (Wildman–Crippen MR) is 70.7 cm³/mol. The van der Waals surface area contributed by atoms with Crippen molar-refractivity contribution in [2.75, 3.05) is 24.5 Å². The van der Waals surface area contributed by atoms with Crippen LogP contribution in [0.2, 0.25) is 0 Å². The summed E-state index contributed by atoms with van der Waals surface area (Å²) in [5.41, 5.74) is 0.451. The Bertz CT molecular complexity index is 413. The first-order valence-electron chi connectivity index (χ1n) is 6.52. The molecule has 1 aliphatic rings. The van der Waals surface area contributed by atoms with Gasteiger partial charge in [-0.25, -0.2) is 9.97 Å². The fourth-order valence-electron chi connectivity index (χ4n) is 1.98. The molecule has 0 unspecified atom stereocenters. The van der Waals surface area contributed by atoms with Gasteiger partial charge in [-0.3, -0.25) is 4.79 Å². The molecule has 18 heavy (non-hydrogen) atoms. The van der Waals surface area contributed by atoms with Crippen molar-refractivity contribution in [3.63, 3.8) is 0 Å². The summed E-state index contributed by atoms with van der Waals surface area (Å²) in [4.78, 5) is 22.4. The smallest absolute Gasteiger partial charge is 0.270 e. The molecule has 1 aromatic heterocycles. The first-order valence-corrected chi connectivity index (χ1v) is 6.52. The minimum Gasteiger partial charge on any atom is -0.357 e. The molecule has 2 rings (SSSR count). The van der Waals surface area contributed by atoms with Gasteiger partial charge in [0, 0.05) is 25.7 Å². The lowest BCUT2D eigenvalue weighted by atomic mass is 10.2. The van der Waals surface area contributed by atoms with E-state index in [9.17, 15) is 4.79 Å². The molecule has 0 atom stereocenters. The Morgan fingerprint density at radius 3 is 2.78 bits per heavy atom. The highest BCUT2D eigenvalue weighted by atomic mass is 16.1. The van der Waals surface area contributed by atoms with Crippen LogP contribution in [-0.2, 0) is 0 Å². The summed E-state index contributed by atoms with van der Waals surface area (Å²) in [6.45, 7) is 6.84. The number of hydrogen-bond acceptors (Lipinski definition) is 4. The van der Waals surface area contributed by atoms with Crippen LogP contribution in [-0.4, -0.2) is 35.5 Å². The van der Waals surface area contributed by atoms with E-state index in [-0.39, 0.29) is 5.91 Å². The molecule has 1 aromatic rings. The molecule has 0 saturated carbocycles. The average molecular weight is 248 g/mol. The molecular weight excluding hydrogens is 228 g/mol. The highest BCUT2D eigenvalue weighted by molar-refractivity contribution is 5.92. The van der Waals surface area contributed by atoms with Crippen molar-refractivity contribution in [2.45, 2.75) is 26.7 Å². The van der Waals surface area contributed by atoms with Crippen LogP contribution in [0.4, 0.5) is 5.82 Å². The molecule has 1 aliphatic heterocycles. The second-order valence-corrected chi connectivity index (χ2v) is 5.06. The van der Waals surface area contributed by atoms with Gasteiger partial charge in [0.05, 0.1) is 0 Å². The van der Waals surface area contributed by atoms with Gasteiger partial charge in [0.1, 0.15) is 17.8 Å². The largest absolute Gasteiger partial charge is 0.357 e. The third kappa shape index (κ3) is 3.18. The standard InChI is InChI=1S/C13H20N4O/c1-10(2)8-14-13(18)11-7-12(16-9-15-11)17-5-3-4-6-17/h7,9-10H,3-6,8H2,1-2H3,(H,14,18). The second-order valence-electron chi connectivity index (χ2n) is 5.06. The van der Waals surface area contributed by atoms with Crippen molar-refractivity contribution in [1.82, 2.24) is 15.3 Å². The maximum Gasteiger partial charge on any atom is 0.270 e. The number of amides is 1. The van der Waals surface area contributed by atoms with E-state index in [0.29, 0.717) is 18.2 Å². The van der Waals surface area contributed by atoms with Crippen LogP contribution >= 0.6 is 0 Å². The van der Waals surface area contributed by atoms with Crippen molar-refractivity contribution in [2.24, 2.45) is 5.92 Å². The molecule has 5 heteroatoms. The highest BCUT2D eigenvalue weighted by Crippen LogP contribution is 2.17. The van der Waals surface area contributed by atoms with E-state index in [1.54, 1.807) is 6.07 Å². The van der Waals surface area contributed by atoms with Gasteiger partial charge >= 0.3 is 0 Å².